The van der Waals surface area contributed by atoms with Crippen LogP contribution in [0.25, 0.3) is 10.8 Å². The molecule has 94 valence electrons. The Morgan fingerprint density at radius 2 is 1.78 bits per heavy atom. The lowest BCUT2D eigenvalue weighted by Crippen LogP contribution is -2.17. The molecule has 1 aliphatic carbocycles. The zero-order valence-electron chi connectivity index (χ0n) is 10.6. The first-order valence-electron chi connectivity index (χ1n) is 6.73. The van der Waals surface area contributed by atoms with Crippen LogP contribution in [0.3, 0.4) is 0 Å². The lowest BCUT2D eigenvalue weighted by atomic mass is 9.80. The van der Waals surface area contributed by atoms with E-state index < -0.39 is 0 Å². The smallest absolute Gasteiger partial charge is 0.267 e. The van der Waals surface area contributed by atoms with E-state index in [1.165, 1.54) is 25.7 Å². The number of hydrogen-bond donors (Lipinski definition) is 1. The summed E-state index contributed by atoms with van der Waals surface area (Å²) in [4.78, 5) is 11.7. The van der Waals surface area contributed by atoms with Crippen LogP contribution in [0.5, 0.6) is 0 Å². The Morgan fingerprint density at radius 3 is 2.50 bits per heavy atom. The maximum atomic E-state index is 11.7. The normalized spacial score (nSPS) is 24.3. The molecule has 1 saturated carbocycles. The van der Waals surface area contributed by atoms with E-state index in [9.17, 15) is 4.79 Å². The van der Waals surface area contributed by atoms with Gasteiger partial charge in [0.2, 0.25) is 0 Å². The fourth-order valence-electron chi connectivity index (χ4n) is 2.98. The van der Waals surface area contributed by atoms with Crippen LogP contribution in [0.1, 0.15) is 44.2 Å². The second-order valence-electron chi connectivity index (χ2n) is 5.44. The van der Waals surface area contributed by atoms with E-state index in [0.717, 1.165) is 22.4 Å². The molecule has 3 rings (SSSR count). The summed E-state index contributed by atoms with van der Waals surface area (Å²) in [6, 6.07) is 7.79. The molecule has 1 aromatic carbocycles. The molecular weight excluding hydrogens is 224 g/mol. The van der Waals surface area contributed by atoms with Gasteiger partial charge in [0, 0.05) is 11.3 Å². The maximum Gasteiger partial charge on any atom is 0.272 e. The van der Waals surface area contributed by atoms with Gasteiger partial charge in [0.15, 0.2) is 0 Å². The summed E-state index contributed by atoms with van der Waals surface area (Å²) in [5.41, 5.74) is 0.996. The first-order valence-corrected chi connectivity index (χ1v) is 6.73. The summed E-state index contributed by atoms with van der Waals surface area (Å²) in [5.74, 6) is 1.33. The Kier molecular flexibility index (Phi) is 2.90. The van der Waals surface area contributed by atoms with Crippen molar-refractivity contribution in [1.29, 1.82) is 0 Å². The topological polar surface area (TPSA) is 45.8 Å². The quantitative estimate of drug-likeness (QED) is 0.834. The zero-order chi connectivity index (χ0) is 12.5. The Balaban J connectivity index is 2.07. The second kappa shape index (κ2) is 4.56. The minimum atomic E-state index is -0.0847. The molecule has 0 radical (unpaired) electrons. The van der Waals surface area contributed by atoms with Crippen LogP contribution in [-0.2, 0) is 0 Å². The number of fused-ring (bicyclic) bond motifs is 1. The first-order chi connectivity index (χ1) is 8.75. The summed E-state index contributed by atoms with van der Waals surface area (Å²) in [5, 5.41) is 8.76. The number of nitrogens with one attached hydrogen (secondary N) is 1. The zero-order valence-corrected chi connectivity index (χ0v) is 10.6. The molecule has 0 atom stereocenters. The number of hydrogen-bond acceptors (Lipinski definition) is 2. The Morgan fingerprint density at radius 1 is 1.11 bits per heavy atom. The van der Waals surface area contributed by atoms with Crippen LogP contribution in [-0.4, -0.2) is 10.2 Å². The van der Waals surface area contributed by atoms with Gasteiger partial charge in [-0.25, -0.2) is 5.10 Å². The molecule has 1 heterocycles. The van der Waals surface area contributed by atoms with E-state index in [1.807, 2.05) is 24.3 Å². The van der Waals surface area contributed by atoms with E-state index in [2.05, 4.69) is 17.1 Å². The van der Waals surface area contributed by atoms with Gasteiger partial charge in [-0.2, -0.15) is 5.10 Å². The highest BCUT2D eigenvalue weighted by molar-refractivity contribution is 5.83. The summed E-state index contributed by atoms with van der Waals surface area (Å²) < 4.78 is 0. The van der Waals surface area contributed by atoms with Crippen LogP contribution in [0, 0.1) is 5.92 Å². The van der Waals surface area contributed by atoms with Gasteiger partial charge in [0.1, 0.15) is 0 Å². The average molecular weight is 242 g/mol. The summed E-state index contributed by atoms with van der Waals surface area (Å²) in [6.45, 7) is 2.31. The predicted molar refractivity (Wildman–Crippen MR) is 72.7 cm³/mol. The fraction of sp³-hybridized carbons (Fsp3) is 0.467. The van der Waals surface area contributed by atoms with Crippen molar-refractivity contribution in [3.8, 4) is 0 Å². The largest absolute Gasteiger partial charge is 0.272 e. The van der Waals surface area contributed by atoms with Crippen molar-refractivity contribution in [1.82, 2.24) is 10.2 Å². The number of nitrogens with zero attached hydrogens (tertiary/aromatic N) is 1. The molecule has 3 nitrogen and oxygen atoms in total. The van der Waals surface area contributed by atoms with Crippen LogP contribution in [0.4, 0.5) is 0 Å². The third-order valence-electron chi connectivity index (χ3n) is 4.13. The summed E-state index contributed by atoms with van der Waals surface area (Å²) >= 11 is 0. The van der Waals surface area contributed by atoms with Gasteiger partial charge in [-0.1, -0.05) is 38.0 Å². The average Bonchev–Trinajstić information content (AvgIpc) is 2.41. The maximum absolute atomic E-state index is 11.7. The van der Waals surface area contributed by atoms with E-state index in [-0.39, 0.29) is 5.56 Å². The van der Waals surface area contributed by atoms with E-state index in [0.29, 0.717) is 5.92 Å². The molecule has 2 aromatic rings. The van der Waals surface area contributed by atoms with Gasteiger partial charge >= 0.3 is 0 Å². The molecule has 3 heteroatoms. The number of benzene rings is 1. The predicted octanol–water partition coefficient (Wildman–Crippen LogP) is 3.22. The Labute approximate surface area is 106 Å². The molecule has 0 spiro atoms. The highest BCUT2D eigenvalue weighted by atomic mass is 16.1. The summed E-state index contributed by atoms with van der Waals surface area (Å²) in [6.07, 6.45) is 4.90. The molecule has 1 aliphatic rings. The highest BCUT2D eigenvalue weighted by Gasteiger charge is 2.22. The van der Waals surface area contributed by atoms with Gasteiger partial charge in [0.05, 0.1) is 11.1 Å². The second-order valence-corrected chi connectivity index (χ2v) is 5.44. The highest BCUT2D eigenvalue weighted by Crippen LogP contribution is 2.36. The van der Waals surface area contributed by atoms with Crippen molar-refractivity contribution >= 4 is 10.8 Å². The number of rotatable bonds is 1. The van der Waals surface area contributed by atoms with E-state index in [1.54, 1.807) is 0 Å². The lowest BCUT2D eigenvalue weighted by Gasteiger charge is -2.26. The standard InChI is InChI=1S/C15H18N2O/c1-10-6-8-11(9-7-10)14-12-4-2-3-5-13(12)15(18)17-16-14/h2-5,10-11H,6-9H2,1H3,(H,17,18). The molecular formula is C15H18N2O. The first kappa shape index (κ1) is 11.5. The van der Waals surface area contributed by atoms with Crippen molar-refractivity contribution < 1.29 is 0 Å². The monoisotopic (exact) mass is 242 g/mol. The van der Waals surface area contributed by atoms with Crippen LogP contribution >= 0.6 is 0 Å². The van der Waals surface area contributed by atoms with Crippen LogP contribution in [0.2, 0.25) is 0 Å². The fourth-order valence-corrected chi connectivity index (χ4v) is 2.98. The van der Waals surface area contributed by atoms with E-state index >= 15 is 0 Å². The minimum Gasteiger partial charge on any atom is -0.267 e. The van der Waals surface area contributed by atoms with Crippen molar-refractivity contribution in [3.63, 3.8) is 0 Å². The molecule has 0 bridgehead atoms. The van der Waals surface area contributed by atoms with Gasteiger partial charge in [-0.15, -0.1) is 0 Å². The molecule has 0 saturated heterocycles. The molecule has 1 aromatic heterocycles. The van der Waals surface area contributed by atoms with E-state index in [4.69, 9.17) is 0 Å². The molecule has 0 aliphatic heterocycles. The number of aromatic amines is 1. The lowest BCUT2D eigenvalue weighted by molar-refractivity contribution is 0.344. The number of aromatic nitrogens is 2. The van der Waals surface area contributed by atoms with Crippen LogP contribution in [0.15, 0.2) is 29.1 Å². The van der Waals surface area contributed by atoms with Gasteiger partial charge in [-0.3, -0.25) is 4.79 Å². The van der Waals surface area contributed by atoms with Crippen molar-refractivity contribution in [3.05, 3.63) is 40.3 Å². The Bertz CT molecular complexity index is 609. The van der Waals surface area contributed by atoms with Crippen LogP contribution < -0.4 is 5.56 Å². The molecule has 1 N–H and O–H groups in total. The third kappa shape index (κ3) is 1.94. The molecule has 1 fully saturated rings. The summed E-state index contributed by atoms with van der Waals surface area (Å²) in [7, 11) is 0. The molecule has 0 amide bonds. The third-order valence-corrected chi connectivity index (χ3v) is 4.13. The van der Waals surface area contributed by atoms with Crippen molar-refractivity contribution in [2.75, 3.05) is 0 Å². The minimum absolute atomic E-state index is 0.0847. The van der Waals surface area contributed by atoms with Gasteiger partial charge in [-0.05, 0) is 24.8 Å². The SMILES string of the molecule is CC1CCC(c2n[nH]c(=O)c3ccccc23)CC1. The van der Waals surface area contributed by atoms with Gasteiger partial charge in [0.25, 0.3) is 5.56 Å². The van der Waals surface area contributed by atoms with Crippen molar-refractivity contribution in [2.45, 2.75) is 38.5 Å². The molecule has 18 heavy (non-hydrogen) atoms. The number of H-pyrrole nitrogens is 1. The Hall–Kier alpha value is -1.64. The van der Waals surface area contributed by atoms with Gasteiger partial charge < -0.3 is 0 Å². The molecule has 0 unspecified atom stereocenters. The van der Waals surface area contributed by atoms with Crippen molar-refractivity contribution in [2.24, 2.45) is 5.92 Å².